The first-order valence-electron chi connectivity index (χ1n) is 5.32. The van der Waals surface area contributed by atoms with Crippen LogP contribution < -0.4 is 4.74 Å². The van der Waals surface area contributed by atoms with E-state index in [4.69, 9.17) is 21.4 Å². The van der Waals surface area contributed by atoms with E-state index in [0.717, 1.165) is 10.6 Å². The molecule has 19 heavy (non-hydrogen) atoms. The Balaban J connectivity index is 2.29. The normalized spacial score (nSPS) is 10.2. The number of halogens is 1. The molecule has 1 heterocycles. The fourth-order valence-corrected chi connectivity index (χ4v) is 2.47. The van der Waals surface area contributed by atoms with Gasteiger partial charge in [0.05, 0.1) is 7.11 Å². The Labute approximate surface area is 119 Å². The highest BCUT2D eigenvalue weighted by molar-refractivity contribution is 7.99. The van der Waals surface area contributed by atoms with Gasteiger partial charge >= 0.3 is 5.97 Å². The van der Waals surface area contributed by atoms with E-state index >= 15 is 0 Å². The molecular formula is C13H10ClNO3S. The molecule has 1 N–H and O–H groups in total. The summed E-state index contributed by atoms with van der Waals surface area (Å²) in [7, 11) is 1.59. The summed E-state index contributed by atoms with van der Waals surface area (Å²) < 4.78 is 5.06. The molecule has 98 valence electrons. The van der Waals surface area contributed by atoms with Gasteiger partial charge in [0.1, 0.15) is 10.9 Å². The molecule has 1 aromatic carbocycles. The molecule has 0 unspecified atom stereocenters. The fourth-order valence-electron chi connectivity index (χ4n) is 1.43. The summed E-state index contributed by atoms with van der Waals surface area (Å²) in [4.78, 5) is 16.4. The number of aromatic nitrogens is 1. The lowest BCUT2D eigenvalue weighted by molar-refractivity contribution is 0.0686. The number of carboxylic acids is 1. The molecule has 0 atom stereocenters. The average molecular weight is 296 g/mol. The van der Waals surface area contributed by atoms with Crippen molar-refractivity contribution in [2.45, 2.75) is 9.79 Å². The molecule has 0 radical (unpaired) electrons. The van der Waals surface area contributed by atoms with E-state index in [1.165, 1.54) is 11.8 Å². The van der Waals surface area contributed by atoms with Crippen LogP contribution in [0.3, 0.4) is 0 Å². The maximum Gasteiger partial charge on any atom is 0.355 e. The van der Waals surface area contributed by atoms with Gasteiger partial charge in [-0.25, -0.2) is 9.78 Å². The highest BCUT2D eigenvalue weighted by Crippen LogP contribution is 2.31. The Morgan fingerprint density at radius 2 is 1.95 bits per heavy atom. The first kappa shape index (κ1) is 13.7. The number of methoxy groups -OCH3 is 1. The van der Waals surface area contributed by atoms with Crippen molar-refractivity contribution in [1.82, 2.24) is 4.98 Å². The smallest absolute Gasteiger partial charge is 0.355 e. The lowest BCUT2D eigenvalue weighted by atomic mass is 10.3. The summed E-state index contributed by atoms with van der Waals surface area (Å²) in [5.74, 6) is -0.351. The summed E-state index contributed by atoms with van der Waals surface area (Å²) in [6.45, 7) is 0. The van der Waals surface area contributed by atoms with Crippen LogP contribution in [0.2, 0.25) is 5.15 Å². The molecule has 0 spiro atoms. The first-order valence-corrected chi connectivity index (χ1v) is 6.51. The lowest BCUT2D eigenvalue weighted by Crippen LogP contribution is -2.02. The molecule has 0 aliphatic heterocycles. The molecular weight excluding hydrogens is 286 g/mol. The van der Waals surface area contributed by atoms with Gasteiger partial charge in [0.2, 0.25) is 0 Å². The van der Waals surface area contributed by atoms with E-state index in [9.17, 15) is 4.79 Å². The number of nitrogens with zero attached hydrogens (tertiary/aromatic N) is 1. The van der Waals surface area contributed by atoms with E-state index < -0.39 is 5.97 Å². The molecule has 0 bridgehead atoms. The van der Waals surface area contributed by atoms with Crippen LogP contribution in [0.25, 0.3) is 0 Å². The lowest BCUT2D eigenvalue weighted by Gasteiger charge is -2.06. The molecule has 0 saturated carbocycles. The molecule has 2 aromatic rings. The van der Waals surface area contributed by atoms with E-state index in [-0.39, 0.29) is 10.8 Å². The maximum atomic E-state index is 11.1. The molecule has 0 aliphatic carbocycles. The SMILES string of the molecule is COc1ccc(Sc2ccc(Cl)nc2C(=O)O)cc1. The van der Waals surface area contributed by atoms with Crippen molar-refractivity contribution < 1.29 is 14.6 Å². The van der Waals surface area contributed by atoms with Crippen molar-refractivity contribution >= 4 is 29.3 Å². The van der Waals surface area contributed by atoms with Gasteiger partial charge in [0, 0.05) is 9.79 Å². The highest BCUT2D eigenvalue weighted by atomic mass is 35.5. The molecule has 0 saturated heterocycles. The summed E-state index contributed by atoms with van der Waals surface area (Å²) >= 11 is 7.02. The number of pyridine rings is 1. The van der Waals surface area contributed by atoms with Gasteiger partial charge in [0.15, 0.2) is 5.69 Å². The van der Waals surface area contributed by atoms with Crippen molar-refractivity contribution in [2.75, 3.05) is 7.11 Å². The van der Waals surface area contributed by atoms with Gasteiger partial charge in [-0.15, -0.1) is 0 Å². The molecule has 1 aromatic heterocycles. The van der Waals surface area contributed by atoms with E-state index in [0.29, 0.717) is 4.90 Å². The number of hydrogen-bond donors (Lipinski definition) is 1. The van der Waals surface area contributed by atoms with Crippen LogP contribution in [-0.2, 0) is 0 Å². The molecule has 2 rings (SSSR count). The van der Waals surface area contributed by atoms with Crippen LogP contribution in [0.5, 0.6) is 5.75 Å². The molecule has 6 heteroatoms. The number of rotatable bonds is 4. The van der Waals surface area contributed by atoms with Gasteiger partial charge in [-0.1, -0.05) is 23.4 Å². The minimum atomic E-state index is -1.10. The van der Waals surface area contributed by atoms with Crippen molar-refractivity contribution in [2.24, 2.45) is 0 Å². The number of aromatic carboxylic acids is 1. The number of carboxylic acid groups (broad SMARTS) is 1. The van der Waals surface area contributed by atoms with Gasteiger partial charge < -0.3 is 9.84 Å². The Hall–Kier alpha value is -1.72. The quantitative estimate of drug-likeness (QED) is 0.873. The zero-order valence-corrected chi connectivity index (χ0v) is 11.5. The minimum absolute atomic E-state index is 0.0479. The Morgan fingerprint density at radius 3 is 2.53 bits per heavy atom. The number of benzene rings is 1. The maximum absolute atomic E-state index is 11.1. The largest absolute Gasteiger partial charge is 0.497 e. The van der Waals surface area contributed by atoms with Crippen molar-refractivity contribution in [3.63, 3.8) is 0 Å². The van der Waals surface area contributed by atoms with Crippen LogP contribution in [0.1, 0.15) is 10.5 Å². The van der Waals surface area contributed by atoms with Gasteiger partial charge in [-0.2, -0.15) is 0 Å². The van der Waals surface area contributed by atoms with Crippen molar-refractivity contribution in [3.8, 4) is 5.75 Å². The predicted molar refractivity (Wildman–Crippen MR) is 73.3 cm³/mol. The van der Waals surface area contributed by atoms with E-state index in [1.54, 1.807) is 19.2 Å². The van der Waals surface area contributed by atoms with Crippen molar-refractivity contribution in [1.29, 1.82) is 0 Å². The number of hydrogen-bond acceptors (Lipinski definition) is 4. The third-order valence-corrected chi connectivity index (χ3v) is 3.58. The predicted octanol–water partition coefficient (Wildman–Crippen LogP) is 3.59. The Morgan fingerprint density at radius 1 is 1.26 bits per heavy atom. The average Bonchev–Trinajstić information content (AvgIpc) is 2.41. The second-order valence-electron chi connectivity index (χ2n) is 3.56. The summed E-state index contributed by atoms with van der Waals surface area (Å²) in [6.07, 6.45) is 0. The summed E-state index contributed by atoms with van der Waals surface area (Å²) in [5, 5.41) is 9.26. The molecule has 0 amide bonds. The molecule has 4 nitrogen and oxygen atoms in total. The topological polar surface area (TPSA) is 59.4 Å². The monoisotopic (exact) mass is 295 g/mol. The molecule has 0 fully saturated rings. The fraction of sp³-hybridized carbons (Fsp3) is 0.0769. The summed E-state index contributed by atoms with van der Waals surface area (Å²) in [6, 6.07) is 10.5. The van der Waals surface area contributed by atoms with E-state index in [2.05, 4.69) is 4.98 Å². The zero-order chi connectivity index (χ0) is 13.8. The third-order valence-electron chi connectivity index (χ3n) is 2.31. The van der Waals surface area contributed by atoms with Gasteiger partial charge in [-0.3, -0.25) is 0 Å². The second-order valence-corrected chi connectivity index (χ2v) is 5.07. The number of carbonyl (C=O) groups is 1. The van der Waals surface area contributed by atoms with Crippen LogP contribution in [0.4, 0.5) is 0 Å². The standard InChI is InChI=1S/C13H10ClNO3S/c1-18-8-2-4-9(5-3-8)19-10-6-7-11(14)15-12(10)13(16)17/h2-7H,1H3,(H,16,17). The third kappa shape index (κ3) is 3.39. The second kappa shape index (κ2) is 5.95. The van der Waals surface area contributed by atoms with Gasteiger partial charge in [-0.05, 0) is 36.4 Å². The Bertz CT molecular complexity index is 601. The van der Waals surface area contributed by atoms with Crippen molar-refractivity contribution in [3.05, 3.63) is 47.2 Å². The van der Waals surface area contributed by atoms with E-state index in [1.807, 2.05) is 24.3 Å². The van der Waals surface area contributed by atoms with Crippen LogP contribution in [-0.4, -0.2) is 23.2 Å². The number of ether oxygens (including phenoxy) is 1. The van der Waals surface area contributed by atoms with Crippen LogP contribution in [0.15, 0.2) is 46.2 Å². The molecule has 0 aliphatic rings. The van der Waals surface area contributed by atoms with Crippen LogP contribution in [0, 0.1) is 0 Å². The Kier molecular flexibility index (Phi) is 4.29. The first-order chi connectivity index (χ1) is 9.10. The summed E-state index contributed by atoms with van der Waals surface area (Å²) in [5.41, 5.74) is -0.0479. The van der Waals surface area contributed by atoms with Crippen LogP contribution >= 0.6 is 23.4 Å². The van der Waals surface area contributed by atoms with Gasteiger partial charge in [0.25, 0.3) is 0 Å². The highest BCUT2D eigenvalue weighted by Gasteiger charge is 2.13. The zero-order valence-electron chi connectivity index (χ0n) is 9.96. The minimum Gasteiger partial charge on any atom is -0.497 e.